The van der Waals surface area contributed by atoms with Crippen molar-refractivity contribution in [1.82, 2.24) is 0 Å². The van der Waals surface area contributed by atoms with E-state index in [2.05, 4.69) is 21.0 Å². The van der Waals surface area contributed by atoms with Crippen molar-refractivity contribution in [2.75, 3.05) is 59.9 Å². The Hall–Kier alpha value is -0.160. The molecule has 4 aliphatic rings. The van der Waals surface area contributed by atoms with Gasteiger partial charge in [0.05, 0.1) is 46.2 Å². The Morgan fingerprint density at radius 2 is 1.71 bits per heavy atom. The molecule has 3 atom stereocenters. The van der Waals surface area contributed by atoms with Gasteiger partial charge in [-0.15, -0.1) is 0 Å². The molecular weight excluding hydrogens is 214 g/mol. The molecule has 4 saturated heterocycles. The van der Waals surface area contributed by atoms with Gasteiger partial charge >= 0.3 is 0 Å². The zero-order valence-electron chi connectivity index (χ0n) is 11.5. The van der Waals surface area contributed by atoms with E-state index in [0.29, 0.717) is 5.92 Å². The number of hydrogen-bond donors (Lipinski definition) is 4. The van der Waals surface area contributed by atoms with Gasteiger partial charge in [-0.2, -0.15) is 0 Å². The molecule has 4 bridgehead atoms. The van der Waals surface area contributed by atoms with Crippen molar-refractivity contribution < 1.29 is 19.8 Å². The minimum Gasteiger partial charge on any atom is -0.382 e. The van der Waals surface area contributed by atoms with Crippen molar-refractivity contribution in [3.8, 4) is 0 Å². The molecule has 0 aromatic carbocycles. The fourth-order valence-corrected chi connectivity index (χ4v) is 4.85. The third kappa shape index (κ3) is 1.65. The molecule has 0 aromatic heterocycles. The zero-order valence-corrected chi connectivity index (χ0v) is 11.5. The van der Waals surface area contributed by atoms with Gasteiger partial charge in [0.25, 0.3) is 0 Å². The predicted molar refractivity (Wildman–Crippen MR) is 65.4 cm³/mol. The summed E-state index contributed by atoms with van der Waals surface area (Å²) in [4.78, 5) is 4.86. The predicted octanol–water partition coefficient (Wildman–Crippen LogP) is -4.70. The lowest BCUT2D eigenvalue weighted by molar-refractivity contribution is -0.926. The van der Waals surface area contributed by atoms with Gasteiger partial charge in [0.2, 0.25) is 0 Å². The third-order valence-electron chi connectivity index (χ3n) is 5.53. The van der Waals surface area contributed by atoms with Crippen molar-refractivity contribution in [3.63, 3.8) is 0 Å². The SMILES string of the molecule is C[NH+](C)CC1(O)C2C[NH+]3CC[NH+](C2)CC1(C)C3. The van der Waals surface area contributed by atoms with Crippen LogP contribution in [0.25, 0.3) is 0 Å². The number of hydrogen-bond acceptors (Lipinski definition) is 1. The van der Waals surface area contributed by atoms with Gasteiger partial charge in [-0.1, -0.05) is 0 Å². The molecule has 4 heteroatoms. The van der Waals surface area contributed by atoms with Crippen LogP contribution in [0.1, 0.15) is 6.92 Å². The van der Waals surface area contributed by atoms with E-state index in [4.69, 9.17) is 0 Å². The van der Waals surface area contributed by atoms with Gasteiger partial charge in [-0.3, -0.25) is 0 Å². The summed E-state index contributed by atoms with van der Waals surface area (Å²) in [6.07, 6.45) is 0. The van der Waals surface area contributed by atoms with Gasteiger partial charge in [0.1, 0.15) is 30.7 Å². The highest BCUT2D eigenvalue weighted by Crippen LogP contribution is 2.38. The maximum Gasteiger partial charge on any atom is 0.143 e. The van der Waals surface area contributed by atoms with Crippen LogP contribution in [0.5, 0.6) is 0 Å². The molecule has 4 fully saturated rings. The summed E-state index contributed by atoms with van der Waals surface area (Å²) in [5.41, 5.74) is -0.296. The van der Waals surface area contributed by atoms with Crippen LogP contribution in [0.2, 0.25) is 0 Å². The second kappa shape index (κ2) is 3.67. The molecule has 0 radical (unpaired) electrons. The Labute approximate surface area is 104 Å². The zero-order chi connectivity index (χ0) is 12.3. The average molecular weight is 242 g/mol. The molecule has 4 N–H and O–H groups in total. The smallest absolute Gasteiger partial charge is 0.143 e. The summed E-state index contributed by atoms with van der Waals surface area (Å²) in [6, 6.07) is 0. The molecule has 0 spiro atoms. The largest absolute Gasteiger partial charge is 0.382 e. The van der Waals surface area contributed by atoms with Gasteiger partial charge in [0.15, 0.2) is 0 Å². The van der Waals surface area contributed by atoms with Crippen molar-refractivity contribution in [2.24, 2.45) is 11.3 Å². The molecular formula is C13H28N3O+3. The third-order valence-corrected chi connectivity index (χ3v) is 5.53. The average Bonchev–Trinajstić information content (AvgIpc) is 2.42. The lowest BCUT2D eigenvalue weighted by atomic mass is 9.61. The van der Waals surface area contributed by atoms with E-state index < -0.39 is 5.60 Å². The van der Waals surface area contributed by atoms with Gasteiger partial charge in [-0.05, 0) is 6.92 Å². The second-order valence-electron chi connectivity index (χ2n) is 7.33. The monoisotopic (exact) mass is 242 g/mol. The number of fused-ring (bicyclic) bond motifs is 1. The van der Waals surface area contributed by atoms with Crippen LogP contribution in [0.15, 0.2) is 0 Å². The number of quaternary nitrogens is 3. The molecule has 4 nitrogen and oxygen atoms in total. The number of likely N-dealkylation sites (N-methyl/N-ethyl adjacent to an activating group) is 1. The Bertz CT molecular complexity index is 304. The minimum atomic E-state index is -0.427. The number of piperidine rings is 2. The van der Waals surface area contributed by atoms with Crippen LogP contribution in [0.3, 0.4) is 0 Å². The topological polar surface area (TPSA) is 33.6 Å². The normalized spacial score (nSPS) is 53.1. The fraction of sp³-hybridized carbons (Fsp3) is 1.00. The molecule has 4 rings (SSSR count). The van der Waals surface area contributed by atoms with Crippen LogP contribution in [-0.2, 0) is 0 Å². The van der Waals surface area contributed by atoms with Crippen molar-refractivity contribution in [1.29, 1.82) is 0 Å². The van der Waals surface area contributed by atoms with E-state index in [-0.39, 0.29) is 5.41 Å². The van der Waals surface area contributed by atoms with Gasteiger partial charge in [0, 0.05) is 0 Å². The Morgan fingerprint density at radius 3 is 2.12 bits per heavy atom. The fourth-order valence-electron chi connectivity index (χ4n) is 4.85. The van der Waals surface area contributed by atoms with Crippen LogP contribution >= 0.6 is 0 Å². The number of nitrogens with one attached hydrogen (secondary N) is 3. The summed E-state index contributed by atoms with van der Waals surface area (Å²) in [5, 5.41) is 11.3. The van der Waals surface area contributed by atoms with E-state index in [9.17, 15) is 5.11 Å². The molecule has 0 aliphatic carbocycles. The summed E-state index contributed by atoms with van der Waals surface area (Å²) in [7, 11) is 4.33. The van der Waals surface area contributed by atoms with E-state index >= 15 is 0 Å². The number of rotatable bonds is 2. The summed E-state index contributed by atoms with van der Waals surface area (Å²) in [5.74, 6) is 0.511. The first-order chi connectivity index (χ1) is 7.93. The molecule has 4 heterocycles. The van der Waals surface area contributed by atoms with E-state index in [1.807, 2.05) is 0 Å². The number of aliphatic hydroxyl groups is 1. The first-order valence-corrected chi connectivity index (χ1v) is 7.11. The van der Waals surface area contributed by atoms with Crippen LogP contribution < -0.4 is 14.7 Å². The lowest BCUT2D eigenvalue weighted by Gasteiger charge is -2.54. The first-order valence-electron chi connectivity index (χ1n) is 7.11. The lowest BCUT2D eigenvalue weighted by Crippen LogP contribution is -3.20. The van der Waals surface area contributed by atoms with Gasteiger partial charge < -0.3 is 19.8 Å². The molecule has 4 aliphatic heterocycles. The van der Waals surface area contributed by atoms with Crippen LogP contribution in [-0.4, -0.2) is 70.6 Å². The highest BCUT2D eigenvalue weighted by Gasteiger charge is 2.66. The second-order valence-corrected chi connectivity index (χ2v) is 7.33. The quantitative estimate of drug-likeness (QED) is 0.386. The summed E-state index contributed by atoms with van der Waals surface area (Å²) >= 11 is 0. The van der Waals surface area contributed by atoms with Crippen molar-refractivity contribution in [2.45, 2.75) is 12.5 Å². The molecule has 17 heavy (non-hydrogen) atoms. The van der Waals surface area contributed by atoms with Crippen LogP contribution in [0, 0.1) is 11.3 Å². The molecule has 0 saturated carbocycles. The van der Waals surface area contributed by atoms with Crippen LogP contribution in [0.4, 0.5) is 0 Å². The summed E-state index contributed by atoms with van der Waals surface area (Å²) in [6.45, 7) is 10.6. The Morgan fingerprint density at radius 1 is 1.18 bits per heavy atom. The van der Waals surface area contributed by atoms with E-state index in [1.54, 1.807) is 9.80 Å². The molecule has 98 valence electrons. The van der Waals surface area contributed by atoms with E-state index in [1.165, 1.54) is 44.2 Å². The maximum atomic E-state index is 11.3. The molecule has 3 unspecified atom stereocenters. The molecule has 0 amide bonds. The highest BCUT2D eigenvalue weighted by atomic mass is 16.3. The minimum absolute atomic E-state index is 0.132. The van der Waals surface area contributed by atoms with Gasteiger partial charge in [-0.25, -0.2) is 0 Å². The standard InChI is InChI=1S/C13H25N3O/c1-12-8-15-4-5-16(9-12)7-11(6-15)13(12,17)10-14(2)3/h11,17H,4-10H2,1-3H3/p+3. The van der Waals surface area contributed by atoms with Crippen molar-refractivity contribution >= 4 is 0 Å². The highest BCUT2D eigenvalue weighted by molar-refractivity contribution is 5.04. The van der Waals surface area contributed by atoms with E-state index in [0.717, 1.165) is 6.54 Å². The first kappa shape index (κ1) is 11.9. The molecule has 0 aromatic rings. The van der Waals surface area contributed by atoms with Crippen molar-refractivity contribution in [3.05, 3.63) is 0 Å². The summed E-state index contributed by atoms with van der Waals surface area (Å²) < 4.78 is 0. The maximum absolute atomic E-state index is 11.3. The Kier molecular flexibility index (Phi) is 2.57. The Balaban J connectivity index is 1.95.